The van der Waals surface area contributed by atoms with E-state index in [1.54, 1.807) is 14.2 Å². The van der Waals surface area contributed by atoms with E-state index in [-0.39, 0.29) is 11.8 Å². The first-order valence-electron chi connectivity index (χ1n) is 9.23. The number of piperidine rings is 1. The van der Waals surface area contributed by atoms with Crippen molar-refractivity contribution in [2.45, 2.75) is 37.6 Å². The van der Waals surface area contributed by atoms with E-state index in [4.69, 9.17) is 9.47 Å². The Morgan fingerprint density at radius 2 is 1.63 bits per heavy atom. The van der Waals surface area contributed by atoms with Crippen molar-refractivity contribution >= 4 is 11.8 Å². The van der Waals surface area contributed by atoms with Crippen molar-refractivity contribution in [3.8, 4) is 11.5 Å². The zero-order chi connectivity index (χ0) is 19.0. The van der Waals surface area contributed by atoms with Crippen LogP contribution < -0.4 is 9.47 Å². The molecular formula is C22H23NO4. The molecule has 1 unspecified atom stereocenters. The molecule has 27 heavy (non-hydrogen) atoms. The zero-order valence-electron chi connectivity index (χ0n) is 15.7. The van der Waals surface area contributed by atoms with Gasteiger partial charge in [-0.25, -0.2) is 0 Å². The molecule has 1 fully saturated rings. The van der Waals surface area contributed by atoms with Gasteiger partial charge in [0, 0.05) is 6.42 Å². The van der Waals surface area contributed by atoms with Gasteiger partial charge in [0.1, 0.15) is 0 Å². The predicted octanol–water partition coefficient (Wildman–Crippen LogP) is 3.24. The van der Waals surface area contributed by atoms with Gasteiger partial charge < -0.3 is 9.47 Å². The number of aryl methyl sites for hydroxylation is 1. The molecule has 0 N–H and O–H groups in total. The van der Waals surface area contributed by atoms with Crippen molar-refractivity contribution in [3.63, 3.8) is 0 Å². The molecule has 1 spiro atoms. The number of amides is 2. The van der Waals surface area contributed by atoms with Crippen LogP contribution in [0.3, 0.4) is 0 Å². The highest BCUT2D eigenvalue weighted by Gasteiger charge is 2.51. The molecule has 2 amide bonds. The highest BCUT2D eigenvalue weighted by molar-refractivity contribution is 6.04. The summed E-state index contributed by atoms with van der Waals surface area (Å²) in [7, 11) is 3.21. The number of hydrogen-bond donors (Lipinski definition) is 0. The Morgan fingerprint density at radius 3 is 2.33 bits per heavy atom. The van der Waals surface area contributed by atoms with Gasteiger partial charge in [-0.15, -0.1) is 0 Å². The number of fused-ring (bicyclic) bond motifs is 2. The van der Waals surface area contributed by atoms with Gasteiger partial charge in [-0.2, -0.15) is 0 Å². The molecule has 4 rings (SSSR count). The van der Waals surface area contributed by atoms with Crippen LogP contribution in [0.25, 0.3) is 0 Å². The monoisotopic (exact) mass is 365 g/mol. The standard InChI is InChI=1S/C22H23NO4/c1-26-18-12-16-8-10-22(17(16)13-19(18)27-2)11-9-20(24)23(21(22)25)14-15-6-4-3-5-7-15/h3-7,12-13H,8-11,14H2,1-2H3. The van der Waals surface area contributed by atoms with Crippen molar-refractivity contribution in [2.24, 2.45) is 0 Å². The minimum Gasteiger partial charge on any atom is -0.493 e. The summed E-state index contributed by atoms with van der Waals surface area (Å²) in [5.41, 5.74) is 2.41. The number of carbonyl (C=O) groups is 2. The van der Waals surface area contributed by atoms with Gasteiger partial charge in [0.15, 0.2) is 11.5 Å². The smallest absolute Gasteiger partial charge is 0.240 e. The molecule has 0 radical (unpaired) electrons. The number of ether oxygens (including phenoxy) is 2. The van der Waals surface area contributed by atoms with E-state index < -0.39 is 5.41 Å². The number of hydrogen-bond acceptors (Lipinski definition) is 4. The average molecular weight is 365 g/mol. The van der Waals surface area contributed by atoms with Gasteiger partial charge in [-0.1, -0.05) is 30.3 Å². The van der Waals surface area contributed by atoms with Gasteiger partial charge >= 0.3 is 0 Å². The van der Waals surface area contributed by atoms with Gasteiger partial charge in [0.25, 0.3) is 0 Å². The average Bonchev–Trinajstić information content (AvgIpc) is 3.06. The lowest BCUT2D eigenvalue weighted by molar-refractivity contribution is -0.154. The van der Waals surface area contributed by atoms with Crippen molar-refractivity contribution in [1.82, 2.24) is 4.90 Å². The fourth-order valence-corrected chi connectivity index (χ4v) is 4.40. The van der Waals surface area contributed by atoms with Crippen LogP contribution in [-0.2, 0) is 28.0 Å². The van der Waals surface area contributed by atoms with Crippen molar-refractivity contribution in [2.75, 3.05) is 14.2 Å². The lowest BCUT2D eigenvalue weighted by atomic mass is 9.74. The molecule has 2 aromatic carbocycles. The molecular weight excluding hydrogens is 342 g/mol. The van der Waals surface area contributed by atoms with E-state index in [2.05, 4.69) is 0 Å². The molecule has 1 atom stereocenters. The Morgan fingerprint density at radius 1 is 0.963 bits per heavy atom. The first-order valence-corrected chi connectivity index (χ1v) is 9.23. The number of likely N-dealkylation sites (tertiary alicyclic amines) is 1. The van der Waals surface area contributed by atoms with E-state index >= 15 is 0 Å². The molecule has 0 saturated carbocycles. The summed E-state index contributed by atoms with van der Waals surface area (Å²) in [5.74, 6) is 1.11. The van der Waals surface area contributed by atoms with Crippen molar-refractivity contribution in [1.29, 1.82) is 0 Å². The summed E-state index contributed by atoms with van der Waals surface area (Å²) in [5, 5.41) is 0. The van der Waals surface area contributed by atoms with Crippen molar-refractivity contribution < 1.29 is 19.1 Å². The first-order chi connectivity index (χ1) is 13.1. The maximum absolute atomic E-state index is 13.5. The van der Waals surface area contributed by atoms with Crippen LogP contribution in [-0.4, -0.2) is 30.9 Å². The SMILES string of the molecule is COc1cc2c(cc1OC)C1(CCC(=O)N(Cc3ccccc3)C1=O)CC2. The minimum atomic E-state index is -0.641. The molecule has 5 nitrogen and oxygen atoms in total. The van der Waals surface area contributed by atoms with Crippen LogP contribution in [0.2, 0.25) is 0 Å². The van der Waals surface area contributed by atoms with Gasteiger partial charge in [0.2, 0.25) is 11.8 Å². The molecule has 2 aliphatic rings. The highest BCUT2D eigenvalue weighted by Crippen LogP contribution is 2.49. The van der Waals surface area contributed by atoms with Crippen LogP contribution >= 0.6 is 0 Å². The number of carbonyl (C=O) groups excluding carboxylic acids is 2. The third kappa shape index (κ3) is 2.78. The Labute approximate surface area is 158 Å². The minimum absolute atomic E-state index is 0.0893. The summed E-state index contributed by atoms with van der Waals surface area (Å²) in [6, 6.07) is 13.6. The first kappa shape index (κ1) is 17.6. The Kier molecular flexibility index (Phi) is 4.38. The quantitative estimate of drug-likeness (QED) is 0.781. The topological polar surface area (TPSA) is 55.8 Å². The largest absolute Gasteiger partial charge is 0.493 e. The number of nitrogens with zero attached hydrogens (tertiary/aromatic N) is 1. The number of rotatable bonds is 4. The molecule has 1 aliphatic heterocycles. The van der Waals surface area contributed by atoms with Crippen molar-refractivity contribution in [3.05, 3.63) is 59.2 Å². The Hall–Kier alpha value is -2.82. The van der Waals surface area contributed by atoms with Crippen LogP contribution in [0, 0.1) is 0 Å². The Balaban J connectivity index is 1.72. The van der Waals surface area contributed by atoms with E-state index in [0.717, 1.165) is 29.5 Å². The zero-order valence-corrected chi connectivity index (χ0v) is 15.7. The summed E-state index contributed by atoms with van der Waals surface area (Å²) >= 11 is 0. The van der Waals surface area contributed by atoms with Crippen LogP contribution in [0.5, 0.6) is 11.5 Å². The third-order valence-corrected chi connectivity index (χ3v) is 5.85. The number of benzene rings is 2. The van der Waals surface area contributed by atoms with Gasteiger partial charge in [-0.3, -0.25) is 14.5 Å². The number of imide groups is 1. The fourth-order valence-electron chi connectivity index (χ4n) is 4.40. The molecule has 0 bridgehead atoms. The normalized spacial score (nSPS) is 21.5. The van der Waals surface area contributed by atoms with Gasteiger partial charge in [-0.05, 0) is 48.1 Å². The lowest BCUT2D eigenvalue weighted by Gasteiger charge is -2.39. The van der Waals surface area contributed by atoms with Crippen LogP contribution in [0.1, 0.15) is 36.0 Å². The number of methoxy groups -OCH3 is 2. The second-order valence-corrected chi connectivity index (χ2v) is 7.22. The Bertz CT molecular complexity index is 893. The summed E-state index contributed by atoms with van der Waals surface area (Å²) in [6.45, 7) is 0.322. The second-order valence-electron chi connectivity index (χ2n) is 7.22. The van der Waals surface area contributed by atoms with E-state index in [1.807, 2.05) is 42.5 Å². The summed E-state index contributed by atoms with van der Waals surface area (Å²) in [4.78, 5) is 27.5. The van der Waals surface area contributed by atoms with E-state index in [9.17, 15) is 9.59 Å². The second kappa shape index (κ2) is 6.72. The van der Waals surface area contributed by atoms with Gasteiger partial charge in [0.05, 0.1) is 26.2 Å². The summed E-state index contributed by atoms with van der Waals surface area (Å²) in [6.07, 6.45) is 2.45. The molecule has 0 aromatic heterocycles. The predicted molar refractivity (Wildman–Crippen MR) is 101 cm³/mol. The highest BCUT2D eigenvalue weighted by atomic mass is 16.5. The summed E-state index contributed by atoms with van der Waals surface area (Å²) < 4.78 is 10.9. The van der Waals surface area contributed by atoms with Crippen LogP contribution in [0.15, 0.2) is 42.5 Å². The molecule has 1 saturated heterocycles. The molecule has 5 heteroatoms. The lowest BCUT2D eigenvalue weighted by Crippen LogP contribution is -2.52. The molecule has 1 heterocycles. The maximum atomic E-state index is 13.5. The van der Waals surface area contributed by atoms with E-state index in [1.165, 1.54) is 4.90 Å². The third-order valence-electron chi connectivity index (χ3n) is 5.85. The molecule has 2 aromatic rings. The molecule has 140 valence electrons. The van der Waals surface area contributed by atoms with E-state index in [0.29, 0.717) is 30.9 Å². The van der Waals surface area contributed by atoms with Crippen LogP contribution in [0.4, 0.5) is 0 Å². The molecule has 1 aliphatic carbocycles. The fraction of sp³-hybridized carbons (Fsp3) is 0.364. The maximum Gasteiger partial charge on any atom is 0.240 e.